The van der Waals surface area contributed by atoms with Crippen LogP contribution in [0.4, 0.5) is 5.82 Å². The molecule has 0 spiro atoms. The minimum Gasteiger partial charge on any atom is -0.296 e. The van der Waals surface area contributed by atoms with Gasteiger partial charge in [0.1, 0.15) is 5.82 Å². The lowest BCUT2D eigenvalue weighted by Crippen LogP contribution is -2.29. The number of carbonyl (C=O) groups is 1. The molecule has 0 N–H and O–H groups in total. The summed E-state index contributed by atoms with van der Waals surface area (Å²) >= 11 is 4.38. The summed E-state index contributed by atoms with van der Waals surface area (Å²) in [6.07, 6.45) is 2.28. The van der Waals surface area contributed by atoms with E-state index in [9.17, 15) is 4.79 Å². The number of amides is 1. The Hall–Kier alpha value is -0.970. The van der Waals surface area contributed by atoms with Crippen LogP contribution in [-0.4, -0.2) is 27.5 Å². The van der Waals surface area contributed by atoms with Gasteiger partial charge in [-0.2, -0.15) is 17.7 Å². The van der Waals surface area contributed by atoms with Crippen LogP contribution in [0, 0.1) is 5.92 Å². The molecule has 0 aromatic carbocycles. The average Bonchev–Trinajstić information content (AvgIpc) is 2.83. The van der Waals surface area contributed by atoms with Gasteiger partial charge in [0, 0.05) is 24.3 Å². The fourth-order valence-electron chi connectivity index (χ4n) is 2.03. The first-order valence-corrected chi connectivity index (χ1v) is 6.54. The van der Waals surface area contributed by atoms with Crippen LogP contribution in [0.5, 0.6) is 0 Å². The monoisotopic (exact) mass is 253 g/mol. The lowest BCUT2D eigenvalue weighted by molar-refractivity contribution is -0.117. The summed E-state index contributed by atoms with van der Waals surface area (Å²) in [4.78, 5) is 13.7. The second-order valence-corrected chi connectivity index (χ2v) is 5.71. The van der Waals surface area contributed by atoms with E-state index in [1.807, 2.05) is 10.7 Å². The molecule has 1 saturated heterocycles. The topological polar surface area (TPSA) is 38.1 Å². The molecular formula is C12H19N3OS. The predicted octanol–water partition coefficient (Wildman–Crippen LogP) is 2.14. The fourth-order valence-corrected chi connectivity index (χ4v) is 2.35. The molecule has 0 radical (unpaired) electrons. The van der Waals surface area contributed by atoms with E-state index in [4.69, 9.17) is 0 Å². The molecule has 0 saturated carbocycles. The molecule has 2 atom stereocenters. The highest BCUT2D eigenvalue weighted by molar-refractivity contribution is 7.81. The highest BCUT2D eigenvalue weighted by Gasteiger charge is 2.31. The SMILES string of the molecule is CC(C)C(C)n1nccc1N1CC(S)CC1=O. The van der Waals surface area contributed by atoms with Gasteiger partial charge in [0.25, 0.3) is 0 Å². The first-order valence-electron chi connectivity index (χ1n) is 6.02. The number of carbonyl (C=O) groups excluding carboxylic acids is 1. The van der Waals surface area contributed by atoms with E-state index in [2.05, 4.69) is 38.5 Å². The van der Waals surface area contributed by atoms with Crippen molar-refractivity contribution in [2.45, 2.75) is 38.5 Å². The zero-order valence-corrected chi connectivity index (χ0v) is 11.4. The smallest absolute Gasteiger partial charge is 0.229 e. The molecule has 1 aromatic heterocycles. The molecule has 17 heavy (non-hydrogen) atoms. The highest BCUT2D eigenvalue weighted by Crippen LogP contribution is 2.28. The van der Waals surface area contributed by atoms with Gasteiger partial charge >= 0.3 is 0 Å². The average molecular weight is 253 g/mol. The Balaban J connectivity index is 2.28. The molecule has 0 bridgehead atoms. The van der Waals surface area contributed by atoms with Gasteiger partial charge in [-0.1, -0.05) is 13.8 Å². The van der Waals surface area contributed by atoms with E-state index in [1.165, 1.54) is 0 Å². The van der Waals surface area contributed by atoms with Gasteiger partial charge in [0.15, 0.2) is 0 Å². The van der Waals surface area contributed by atoms with Crippen LogP contribution in [0.15, 0.2) is 12.3 Å². The maximum atomic E-state index is 11.9. The van der Waals surface area contributed by atoms with Crippen molar-refractivity contribution in [3.8, 4) is 0 Å². The molecule has 1 fully saturated rings. The van der Waals surface area contributed by atoms with Gasteiger partial charge in [0.05, 0.1) is 12.2 Å². The van der Waals surface area contributed by atoms with E-state index in [0.29, 0.717) is 18.9 Å². The summed E-state index contributed by atoms with van der Waals surface area (Å²) < 4.78 is 1.94. The van der Waals surface area contributed by atoms with Crippen molar-refractivity contribution in [2.75, 3.05) is 11.4 Å². The molecule has 4 nitrogen and oxygen atoms in total. The number of hydrogen-bond acceptors (Lipinski definition) is 3. The molecule has 1 aliphatic rings. The van der Waals surface area contributed by atoms with E-state index < -0.39 is 0 Å². The molecule has 2 rings (SSSR count). The van der Waals surface area contributed by atoms with Crippen LogP contribution in [0.3, 0.4) is 0 Å². The van der Waals surface area contributed by atoms with E-state index in [1.54, 1.807) is 11.1 Å². The van der Waals surface area contributed by atoms with Gasteiger partial charge in [0.2, 0.25) is 5.91 Å². The Kier molecular flexibility index (Phi) is 3.47. The second kappa shape index (κ2) is 4.72. The van der Waals surface area contributed by atoms with Crippen LogP contribution >= 0.6 is 12.6 Å². The Morgan fingerprint density at radius 2 is 2.18 bits per heavy atom. The van der Waals surface area contributed by atoms with Crippen molar-refractivity contribution in [2.24, 2.45) is 5.92 Å². The number of hydrogen-bond donors (Lipinski definition) is 1. The minimum absolute atomic E-state index is 0.139. The molecule has 5 heteroatoms. The van der Waals surface area contributed by atoms with Crippen LogP contribution < -0.4 is 4.90 Å². The Morgan fingerprint density at radius 3 is 2.71 bits per heavy atom. The lowest BCUT2D eigenvalue weighted by atomic mass is 10.1. The first kappa shape index (κ1) is 12.5. The third-order valence-electron chi connectivity index (χ3n) is 3.38. The summed E-state index contributed by atoms with van der Waals surface area (Å²) in [5, 5.41) is 4.48. The van der Waals surface area contributed by atoms with E-state index in [-0.39, 0.29) is 17.2 Å². The third-order valence-corrected chi connectivity index (χ3v) is 3.73. The molecule has 2 unspecified atom stereocenters. The van der Waals surface area contributed by atoms with Crippen molar-refractivity contribution >= 4 is 24.4 Å². The summed E-state index contributed by atoms with van der Waals surface area (Å²) in [7, 11) is 0. The third kappa shape index (κ3) is 2.34. The molecule has 2 heterocycles. The zero-order valence-electron chi connectivity index (χ0n) is 10.5. The first-order chi connectivity index (χ1) is 8.00. The number of nitrogens with zero attached hydrogens (tertiary/aromatic N) is 3. The van der Waals surface area contributed by atoms with E-state index in [0.717, 1.165) is 5.82 Å². The minimum atomic E-state index is 0.139. The summed E-state index contributed by atoms with van der Waals surface area (Å²) in [5.74, 6) is 1.52. The number of anilines is 1. The van der Waals surface area contributed by atoms with Crippen LogP contribution in [-0.2, 0) is 4.79 Å². The Morgan fingerprint density at radius 1 is 1.47 bits per heavy atom. The molecule has 1 aromatic rings. The normalized spacial score (nSPS) is 22.5. The van der Waals surface area contributed by atoms with Crippen LogP contribution in [0.25, 0.3) is 0 Å². The van der Waals surface area contributed by atoms with Crippen molar-refractivity contribution < 1.29 is 4.79 Å². The van der Waals surface area contributed by atoms with E-state index >= 15 is 0 Å². The quantitative estimate of drug-likeness (QED) is 0.838. The highest BCUT2D eigenvalue weighted by atomic mass is 32.1. The molecule has 0 aliphatic carbocycles. The molecule has 1 aliphatic heterocycles. The number of rotatable bonds is 3. The Labute approximate surface area is 107 Å². The summed E-state index contributed by atoms with van der Waals surface area (Å²) in [5.41, 5.74) is 0. The standard InChI is InChI=1S/C12H19N3OS/c1-8(2)9(3)15-11(4-5-13-15)14-7-10(17)6-12(14)16/h4-5,8-10,17H,6-7H2,1-3H3. The van der Waals surface area contributed by atoms with Crippen molar-refractivity contribution in [1.29, 1.82) is 0 Å². The Bertz CT molecular complexity index is 416. The van der Waals surface area contributed by atoms with Gasteiger partial charge in [-0.25, -0.2) is 4.68 Å². The molecule has 94 valence electrons. The van der Waals surface area contributed by atoms with Gasteiger partial charge in [-0.3, -0.25) is 9.69 Å². The van der Waals surface area contributed by atoms with Gasteiger partial charge < -0.3 is 0 Å². The number of aromatic nitrogens is 2. The largest absolute Gasteiger partial charge is 0.296 e. The maximum Gasteiger partial charge on any atom is 0.229 e. The zero-order chi connectivity index (χ0) is 12.6. The molecule has 1 amide bonds. The summed E-state index contributed by atoms with van der Waals surface area (Å²) in [6.45, 7) is 7.12. The van der Waals surface area contributed by atoms with Crippen LogP contribution in [0.2, 0.25) is 0 Å². The van der Waals surface area contributed by atoms with Gasteiger partial charge in [-0.05, 0) is 12.8 Å². The van der Waals surface area contributed by atoms with Crippen molar-refractivity contribution in [3.05, 3.63) is 12.3 Å². The lowest BCUT2D eigenvalue weighted by Gasteiger charge is -2.23. The maximum absolute atomic E-state index is 11.9. The van der Waals surface area contributed by atoms with Crippen molar-refractivity contribution in [1.82, 2.24) is 9.78 Å². The predicted molar refractivity (Wildman–Crippen MR) is 71.5 cm³/mol. The molecular weight excluding hydrogens is 234 g/mol. The second-order valence-electron chi connectivity index (χ2n) is 4.98. The van der Waals surface area contributed by atoms with Gasteiger partial charge in [-0.15, -0.1) is 0 Å². The fraction of sp³-hybridized carbons (Fsp3) is 0.667. The summed E-state index contributed by atoms with van der Waals surface area (Å²) in [6, 6.07) is 2.19. The van der Waals surface area contributed by atoms with Crippen LogP contribution in [0.1, 0.15) is 33.2 Å². The van der Waals surface area contributed by atoms with Crippen molar-refractivity contribution in [3.63, 3.8) is 0 Å². The number of thiol groups is 1.